The summed E-state index contributed by atoms with van der Waals surface area (Å²) in [5.41, 5.74) is 0.784. The summed E-state index contributed by atoms with van der Waals surface area (Å²) in [6.07, 6.45) is 4.23. The Hall–Kier alpha value is -2.48. The number of rotatable bonds is 2. The SMILES string of the molecule is O=C1NC(=O)/C(=C/c2ccnc(N3CCCNCC3)n2)N1. The molecule has 3 N–H and O–H groups in total. The molecule has 0 saturated carbocycles. The maximum absolute atomic E-state index is 11.5. The second-order valence-electron chi connectivity index (χ2n) is 4.84. The van der Waals surface area contributed by atoms with Crippen LogP contribution in [0.4, 0.5) is 10.7 Å². The van der Waals surface area contributed by atoms with Crippen LogP contribution >= 0.6 is 0 Å². The number of hydrogen-bond acceptors (Lipinski definition) is 6. The second kappa shape index (κ2) is 5.88. The molecule has 3 rings (SSSR count). The number of nitrogens with zero attached hydrogens (tertiary/aromatic N) is 3. The number of aromatic nitrogens is 2. The Morgan fingerprint density at radius 1 is 1.19 bits per heavy atom. The standard InChI is InChI=1S/C13H16N6O2/c20-11-10(17-13(21)18-11)8-9-2-4-15-12(16-9)19-6-1-3-14-5-7-19/h2,4,8,14H,1,3,5-7H2,(H2,17,18,20,21)/b10-8-. The van der Waals surface area contributed by atoms with Crippen LogP contribution in [0.5, 0.6) is 0 Å². The number of imide groups is 1. The monoisotopic (exact) mass is 288 g/mol. The van der Waals surface area contributed by atoms with Gasteiger partial charge >= 0.3 is 6.03 Å². The van der Waals surface area contributed by atoms with Crippen molar-refractivity contribution in [3.8, 4) is 0 Å². The molecule has 8 nitrogen and oxygen atoms in total. The van der Waals surface area contributed by atoms with E-state index in [0.29, 0.717) is 11.6 Å². The van der Waals surface area contributed by atoms with E-state index in [1.165, 1.54) is 0 Å². The summed E-state index contributed by atoms with van der Waals surface area (Å²) in [6.45, 7) is 3.63. The van der Waals surface area contributed by atoms with Gasteiger partial charge in [0.15, 0.2) is 0 Å². The molecule has 110 valence electrons. The molecule has 1 aromatic rings. The number of carbonyl (C=O) groups is 2. The van der Waals surface area contributed by atoms with Gasteiger partial charge in [-0.2, -0.15) is 0 Å². The number of urea groups is 1. The van der Waals surface area contributed by atoms with Gasteiger partial charge in [0.05, 0.1) is 5.69 Å². The quantitative estimate of drug-likeness (QED) is 0.499. The topological polar surface area (TPSA) is 99.2 Å². The first-order chi connectivity index (χ1) is 10.2. The third-order valence-electron chi connectivity index (χ3n) is 3.30. The molecule has 0 spiro atoms. The fourth-order valence-corrected chi connectivity index (χ4v) is 2.27. The summed E-state index contributed by atoms with van der Waals surface area (Å²) in [7, 11) is 0. The van der Waals surface area contributed by atoms with Crippen molar-refractivity contribution in [2.24, 2.45) is 0 Å². The van der Waals surface area contributed by atoms with Crippen LogP contribution in [-0.2, 0) is 4.79 Å². The average molecular weight is 288 g/mol. The maximum Gasteiger partial charge on any atom is 0.326 e. The molecular formula is C13H16N6O2. The number of hydrogen-bond donors (Lipinski definition) is 3. The molecule has 2 saturated heterocycles. The Labute approximate surface area is 121 Å². The van der Waals surface area contributed by atoms with E-state index >= 15 is 0 Å². The van der Waals surface area contributed by atoms with Gasteiger partial charge in [-0.25, -0.2) is 14.8 Å². The van der Waals surface area contributed by atoms with Gasteiger partial charge in [0.2, 0.25) is 5.95 Å². The molecule has 3 amide bonds. The van der Waals surface area contributed by atoms with E-state index in [4.69, 9.17) is 0 Å². The van der Waals surface area contributed by atoms with Crippen LogP contribution in [0.15, 0.2) is 18.0 Å². The van der Waals surface area contributed by atoms with Crippen molar-refractivity contribution in [3.05, 3.63) is 23.7 Å². The predicted molar refractivity (Wildman–Crippen MR) is 76.4 cm³/mol. The summed E-state index contributed by atoms with van der Waals surface area (Å²) in [4.78, 5) is 33.4. The lowest BCUT2D eigenvalue weighted by molar-refractivity contribution is -0.115. The number of amides is 3. The van der Waals surface area contributed by atoms with Crippen LogP contribution in [0, 0.1) is 0 Å². The van der Waals surface area contributed by atoms with Gasteiger partial charge in [0.1, 0.15) is 5.70 Å². The van der Waals surface area contributed by atoms with Gasteiger partial charge in [0.25, 0.3) is 5.91 Å². The first-order valence-corrected chi connectivity index (χ1v) is 6.85. The molecule has 0 atom stereocenters. The molecule has 0 unspecified atom stereocenters. The minimum Gasteiger partial charge on any atom is -0.339 e. The minimum atomic E-state index is -0.515. The van der Waals surface area contributed by atoms with Crippen molar-refractivity contribution in [3.63, 3.8) is 0 Å². The van der Waals surface area contributed by atoms with Crippen molar-refractivity contribution in [1.82, 2.24) is 25.9 Å². The van der Waals surface area contributed by atoms with E-state index in [1.54, 1.807) is 18.3 Å². The second-order valence-corrected chi connectivity index (χ2v) is 4.84. The zero-order valence-electron chi connectivity index (χ0n) is 11.4. The molecule has 0 bridgehead atoms. The van der Waals surface area contributed by atoms with Crippen LogP contribution in [-0.4, -0.2) is 48.1 Å². The first-order valence-electron chi connectivity index (χ1n) is 6.85. The van der Waals surface area contributed by atoms with Crippen LogP contribution in [0.3, 0.4) is 0 Å². The molecule has 21 heavy (non-hydrogen) atoms. The Bertz CT molecular complexity index is 592. The number of carbonyl (C=O) groups excluding carboxylic acids is 2. The molecule has 0 radical (unpaired) electrons. The fraction of sp³-hybridized carbons (Fsp3) is 0.385. The van der Waals surface area contributed by atoms with E-state index in [9.17, 15) is 9.59 Å². The van der Waals surface area contributed by atoms with Crippen LogP contribution in [0.25, 0.3) is 6.08 Å². The van der Waals surface area contributed by atoms with E-state index in [2.05, 4.69) is 30.8 Å². The first kappa shape index (κ1) is 13.5. The summed E-state index contributed by atoms with van der Waals surface area (Å²) < 4.78 is 0. The average Bonchev–Trinajstić information content (AvgIpc) is 2.70. The van der Waals surface area contributed by atoms with Crippen molar-refractivity contribution in [1.29, 1.82) is 0 Å². The highest BCUT2D eigenvalue weighted by molar-refractivity contribution is 6.13. The zero-order valence-corrected chi connectivity index (χ0v) is 11.4. The minimum absolute atomic E-state index is 0.196. The molecule has 2 fully saturated rings. The molecule has 8 heteroatoms. The van der Waals surface area contributed by atoms with E-state index in [1.807, 2.05) is 0 Å². The molecule has 0 aliphatic carbocycles. The van der Waals surface area contributed by atoms with Crippen molar-refractivity contribution in [2.75, 3.05) is 31.1 Å². The van der Waals surface area contributed by atoms with Gasteiger partial charge < -0.3 is 15.5 Å². The largest absolute Gasteiger partial charge is 0.339 e. The van der Waals surface area contributed by atoms with Gasteiger partial charge in [-0.15, -0.1) is 0 Å². The Morgan fingerprint density at radius 3 is 2.90 bits per heavy atom. The highest BCUT2D eigenvalue weighted by Gasteiger charge is 2.23. The van der Waals surface area contributed by atoms with Crippen LogP contribution < -0.4 is 20.9 Å². The molecular weight excluding hydrogens is 272 g/mol. The lowest BCUT2D eigenvalue weighted by atomic mass is 10.3. The normalized spacial score (nSPS) is 21.1. The Kier molecular flexibility index (Phi) is 3.78. The molecule has 2 aliphatic rings. The fourth-order valence-electron chi connectivity index (χ4n) is 2.27. The van der Waals surface area contributed by atoms with E-state index in [0.717, 1.165) is 32.6 Å². The molecule has 2 aliphatic heterocycles. The lowest BCUT2D eigenvalue weighted by Crippen LogP contribution is -2.29. The van der Waals surface area contributed by atoms with E-state index < -0.39 is 11.9 Å². The number of nitrogens with one attached hydrogen (secondary N) is 3. The van der Waals surface area contributed by atoms with Gasteiger partial charge in [-0.05, 0) is 25.1 Å². The smallest absolute Gasteiger partial charge is 0.326 e. The summed E-state index contributed by atoms with van der Waals surface area (Å²) in [5.74, 6) is 0.192. The van der Waals surface area contributed by atoms with Gasteiger partial charge in [0, 0.05) is 25.8 Å². The highest BCUT2D eigenvalue weighted by Crippen LogP contribution is 2.12. The lowest BCUT2D eigenvalue weighted by Gasteiger charge is -2.19. The third kappa shape index (κ3) is 3.16. The summed E-state index contributed by atoms with van der Waals surface area (Å²) >= 11 is 0. The molecule has 3 heterocycles. The maximum atomic E-state index is 11.5. The predicted octanol–water partition coefficient (Wildman–Crippen LogP) is -0.543. The van der Waals surface area contributed by atoms with E-state index in [-0.39, 0.29) is 5.70 Å². The third-order valence-corrected chi connectivity index (χ3v) is 3.30. The summed E-state index contributed by atoms with van der Waals surface area (Å²) in [5, 5.41) is 7.91. The van der Waals surface area contributed by atoms with Crippen molar-refractivity contribution >= 4 is 24.0 Å². The van der Waals surface area contributed by atoms with Crippen molar-refractivity contribution in [2.45, 2.75) is 6.42 Å². The van der Waals surface area contributed by atoms with Crippen molar-refractivity contribution < 1.29 is 9.59 Å². The zero-order chi connectivity index (χ0) is 14.7. The molecule has 1 aromatic heterocycles. The Balaban J connectivity index is 1.81. The number of anilines is 1. The van der Waals surface area contributed by atoms with Crippen LogP contribution in [0.2, 0.25) is 0 Å². The Morgan fingerprint density at radius 2 is 2.10 bits per heavy atom. The highest BCUT2D eigenvalue weighted by atomic mass is 16.2. The van der Waals surface area contributed by atoms with Gasteiger partial charge in [-0.3, -0.25) is 10.1 Å². The molecule has 0 aromatic carbocycles. The van der Waals surface area contributed by atoms with Gasteiger partial charge in [-0.1, -0.05) is 0 Å². The summed E-state index contributed by atoms with van der Waals surface area (Å²) in [6, 6.07) is 1.18. The van der Waals surface area contributed by atoms with Crippen LogP contribution in [0.1, 0.15) is 12.1 Å².